The average Bonchev–Trinajstić information content (AvgIpc) is 2.15. The van der Waals surface area contributed by atoms with Crippen LogP contribution in [0.5, 0.6) is 0 Å². The third-order valence-corrected chi connectivity index (χ3v) is 3.21. The van der Waals surface area contributed by atoms with E-state index in [1.165, 1.54) is 0 Å². The molecule has 0 aliphatic heterocycles. The number of carbonyl (C=O) groups excluding carboxylic acids is 1. The van der Waals surface area contributed by atoms with Crippen molar-refractivity contribution in [3.05, 3.63) is 0 Å². The van der Waals surface area contributed by atoms with Gasteiger partial charge in [0, 0.05) is 23.5 Å². The van der Waals surface area contributed by atoms with Crippen LogP contribution in [-0.4, -0.2) is 23.5 Å². The van der Waals surface area contributed by atoms with E-state index in [0.29, 0.717) is 0 Å². The Morgan fingerprint density at radius 2 is 2.15 bits per heavy atom. The topological polar surface area (TPSA) is 81.1 Å². The molecule has 0 fully saturated rings. The van der Waals surface area contributed by atoms with Gasteiger partial charge >= 0.3 is 0 Å². The Kier molecular flexibility index (Phi) is 7.03. The highest BCUT2D eigenvalue weighted by Crippen LogP contribution is 2.09. The highest BCUT2D eigenvalue weighted by atomic mass is 32.2. The lowest BCUT2D eigenvalue weighted by Crippen LogP contribution is -2.35. The zero-order chi connectivity index (χ0) is 10.3. The Morgan fingerprint density at radius 3 is 2.62 bits per heavy atom. The Morgan fingerprint density at radius 1 is 1.54 bits per heavy atom. The van der Waals surface area contributed by atoms with Crippen LogP contribution >= 0.6 is 11.8 Å². The van der Waals surface area contributed by atoms with Crippen LogP contribution in [0.15, 0.2) is 0 Å². The first kappa shape index (κ1) is 12.7. The maximum absolute atomic E-state index is 11.0. The fourth-order valence-corrected chi connectivity index (χ4v) is 1.91. The van der Waals surface area contributed by atoms with Crippen molar-refractivity contribution in [3.8, 4) is 0 Å². The van der Waals surface area contributed by atoms with Crippen molar-refractivity contribution in [1.29, 1.82) is 0 Å². The molecular formula is C8H19N3OS. The predicted octanol–water partition coefficient (Wildman–Crippen LogP) is 0.0829. The standard InChI is InChI=1S/C8H19N3OS/c1-3-7(9)5-13-4-6(2)8(12)11-10/h6-7H,3-5,9-10H2,1-2H3,(H,11,12). The fourth-order valence-electron chi connectivity index (χ4n) is 0.732. The number of thioether (sulfide) groups is 1. The van der Waals surface area contributed by atoms with E-state index < -0.39 is 0 Å². The lowest BCUT2D eigenvalue weighted by molar-refractivity contribution is -0.123. The largest absolute Gasteiger partial charge is 0.327 e. The highest BCUT2D eigenvalue weighted by molar-refractivity contribution is 7.99. The van der Waals surface area contributed by atoms with Gasteiger partial charge in [0.25, 0.3) is 0 Å². The first-order valence-corrected chi connectivity index (χ1v) is 5.61. The van der Waals surface area contributed by atoms with Crippen molar-refractivity contribution in [2.75, 3.05) is 11.5 Å². The van der Waals surface area contributed by atoms with Crippen LogP contribution in [0, 0.1) is 5.92 Å². The first-order valence-electron chi connectivity index (χ1n) is 4.45. The summed E-state index contributed by atoms with van der Waals surface area (Å²) in [5, 5.41) is 0. The molecule has 0 aliphatic carbocycles. The molecule has 0 saturated carbocycles. The van der Waals surface area contributed by atoms with Crippen molar-refractivity contribution >= 4 is 17.7 Å². The van der Waals surface area contributed by atoms with Gasteiger partial charge in [-0.15, -0.1) is 0 Å². The molecule has 5 heteroatoms. The lowest BCUT2D eigenvalue weighted by Gasteiger charge is -2.11. The predicted molar refractivity (Wildman–Crippen MR) is 57.1 cm³/mol. The molecule has 2 unspecified atom stereocenters. The number of hydrazine groups is 1. The Balaban J connectivity index is 3.47. The molecule has 0 rings (SSSR count). The molecule has 0 aromatic carbocycles. The number of hydrogen-bond donors (Lipinski definition) is 3. The Hall–Kier alpha value is -0.260. The summed E-state index contributed by atoms with van der Waals surface area (Å²) in [6, 6.07) is 0.234. The van der Waals surface area contributed by atoms with Crippen molar-refractivity contribution in [2.45, 2.75) is 26.3 Å². The molecule has 0 aromatic heterocycles. The van der Waals surface area contributed by atoms with E-state index in [1.54, 1.807) is 11.8 Å². The maximum Gasteiger partial charge on any atom is 0.237 e. The second-order valence-electron chi connectivity index (χ2n) is 3.12. The minimum Gasteiger partial charge on any atom is -0.327 e. The first-order chi connectivity index (χ1) is 6.11. The van der Waals surface area contributed by atoms with E-state index in [9.17, 15) is 4.79 Å². The summed E-state index contributed by atoms with van der Waals surface area (Å²) < 4.78 is 0. The van der Waals surface area contributed by atoms with Crippen LogP contribution < -0.4 is 17.0 Å². The van der Waals surface area contributed by atoms with Gasteiger partial charge < -0.3 is 5.73 Å². The minimum atomic E-state index is -0.113. The SMILES string of the molecule is CCC(N)CSCC(C)C(=O)NN. The Labute approximate surface area is 83.8 Å². The molecule has 0 bridgehead atoms. The van der Waals surface area contributed by atoms with Gasteiger partial charge in [0.2, 0.25) is 5.91 Å². The van der Waals surface area contributed by atoms with Gasteiger partial charge in [0.1, 0.15) is 0 Å². The minimum absolute atomic E-state index is 0.0425. The van der Waals surface area contributed by atoms with E-state index in [1.807, 2.05) is 6.92 Å². The summed E-state index contributed by atoms with van der Waals surface area (Å²) in [5.41, 5.74) is 7.86. The van der Waals surface area contributed by atoms with Crippen LogP contribution in [0.3, 0.4) is 0 Å². The van der Waals surface area contributed by atoms with Crippen LogP contribution in [0.4, 0.5) is 0 Å². The van der Waals surface area contributed by atoms with Gasteiger partial charge in [-0.2, -0.15) is 11.8 Å². The summed E-state index contributed by atoms with van der Waals surface area (Å²) >= 11 is 1.70. The third kappa shape index (κ3) is 5.90. The molecule has 0 saturated heterocycles. The van der Waals surface area contributed by atoms with Gasteiger partial charge in [-0.3, -0.25) is 10.2 Å². The summed E-state index contributed by atoms with van der Waals surface area (Å²) in [6.45, 7) is 3.91. The fraction of sp³-hybridized carbons (Fsp3) is 0.875. The van der Waals surface area contributed by atoms with Crippen molar-refractivity contribution in [1.82, 2.24) is 5.43 Å². The molecule has 4 nitrogen and oxygen atoms in total. The van der Waals surface area contributed by atoms with Gasteiger partial charge in [-0.25, -0.2) is 5.84 Å². The van der Waals surface area contributed by atoms with Crippen molar-refractivity contribution < 1.29 is 4.79 Å². The van der Waals surface area contributed by atoms with Gasteiger partial charge in [-0.1, -0.05) is 13.8 Å². The molecule has 78 valence electrons. The van der Waals surface area contributed by atoms with E-state index in [2.05, 4.69) is 12.3 Å². The van der Waals surface area contributed by atoms with Crippen LogP contribution in [0.1, 0.15) is 20.3 Å². The number of rotatable bonds is 6. The average molecular weight is 205 g/mol. The van der Waals surface area contributed by atoms with Gasteiger partial charge in [0.15, 0.2) is 0 Å². The monoisotopic (exact) mass is 205 g/mol. The molecule has 0 heterocycles. The molecule has 0 spiro atoms. The normalized spacial score (nSPS) is 15.1. The van der Waals surface area contributed by atoms with E-state index in [-0.39, 0.29) is 17.9 Å². The highest BCUT2D eigenvalue weighted by Gasteiger charge is 2.11. The summed E-state index contributed by atoms with van der Waals surface area (Å²) in [4.78, 5) is 11.0. The summed E-state index contributed by atoms with van der Waals surface area (Å²) in [5.74, 6) is 6.52. The molecular weight excluding hydrogens is 186 g/mol. The van der Waals surface area contributed by atoms with Crippen LogP contribution in [-0.2, 0) is 4.79 Å². The van der Waals surface area contributed by atoms with Crippen LogP contribution in [0.2, 0.25) is 0 Å². The lowest BCUT2D eigenvalue weighted by atomic mass is 10.2. The molecule has 0 aromatic rings. The number of carbonyl (C=O) groups is 1. The smallest absolute Gasteiger partial charge is 0.237 e. The number of amides is 1. The van der Waals surface area contributed by atoms with E-state index in [0.717, 1.165) is 17.9 Å². The molecule has 0 radical (unpaired) electrons. The molecule has 2 atom stereocenters. The third-order valence-electron chi connectivity index (χ3n) is 1.81. The number of hydrogen-bond acceptors (Lipinski definition) is 4. The van der Waals surface area contributed by atoms with Crippen LogP contribution in [0.25, 0.3) is 0 Å². The van der Waals surface area contributed by atoms with Crippen molar-refractivity contribution in [2.24, 2.45) is 17.5 Å². The Bertz CT molecular complexity index is 154. The summed E-state index contributed by atoms with van der Waals surface area (Å²) in [7, 11) is 0. The molecule has 0 aliphatic rings. The van der Waals surface area contributed by atoms with E-state index >= 15 is 0 Å². The van der Waals surface area contributed by atoms with Crippen molar-refractivity contribution in [3.63, 3.8) is 0 Å². The second-order valence-corrected chi connectivity index (χ2v) is 4.19. The number of nitrogens with one attached hydrogen (secondary N) is 1. The molecule has 1 amide bonds. The maximum atomic E-state index is 11.0. The zero-order valence-corrected chi connectivity index (χ0v) is 9.06. The second kappa shape index (κ2) is 7.17. The number of nitrogens with two attached hydrogens (primary N) is 2. The molecule has 13 heavy (non-hydrogen) atoms. The zero-order valence-electron chi connectivity index (χ0n) is 8.25. The quantitative estimate of drug-likeness (QED) is 0.326. The van der Waals surface area contributed by atoms with Gasteiger partial charge in [0.05, 0.1) is 0 Å². The van der Waals surface area contributed by atoms with Gasteiger partial charge in [-0.05, 0) is 6.42 Å². The molecule has 5 N–H and O–H groups in total. The summed E-state index contributed by atoms with van der Waals surface area (Å²) in [6.07, 6.45) is 0.977. The van der Waals surface area contributed by atoms with E-state index in [4.69, 9.17) is 11.6 Å².